The van der Waals surface area contributed by atoms with Crippen molar-refractivity contribution in [1.29, 1.82) is 0 Å². The number of carbonyl (C=O) groups excluding carboxylic acids is 1. The average Bonchev–Trinajstić information content (AvgIpc) is 2.56. The van der Waals surface area contributed by atoms with Gasteiger partial charge in [0.1, 0.15) is 5.82 Å². The Labute approximate surface area is 153 Å². The van der Waals surface area contributed by atoms with E-state index >= 15 is 0 Å². The number of halogens is 2. The molecule has 1 N–H and O–H groups in total. The van der Waals surface area contributed by atoms with Crippen molar-refractivity contribution in [2.45, 2.75) is 19.4 Å². The third-order valence-electron chi connectivity index (χ3n) is 3.94. The van der Waals surface area contributed by atoms with Crippen molar-refractivity contribution in [2.75, 3.05) is 27.2 Å². The maximum absolute atomic E-state index is 13.6. The fourth-order valence-electron chi connectivity index (χ4n) is 2.64. The van der Waals surface area contributed by atoms with Gasteiger partial charge < -0.3 is 15.0 Å². The third-order valence-corrected chi connectivity index (χ3v) is 3.94. The minimum atomic E-state index is -0.227. The second-order valence-electron chi connectivity index (χ2n) is 5.28. The molecule has 0 spiro atoms. The van der Waals surface area contributed by atoms with Gasteiger partial charge in [-0.15, -0.1) is 24.0 Å². The SMILES string of the molecule is CN=C(NCc1ccccc1F)N1CCC(C(=O)OC)CC1.I. The number of rotatable bonds is 3. The number of aliphatic imine (C=N–C) groups is 1. The van der Waals surface area contributed by atoms with Crippen molar-refractivity contribution in [2.24, 2.45) is 10.9 Å². The van der Waals surface area contributed by atoms with E-state index in [1.807, 2.05) is 6.07 Å². The monoisotopic (exact) mass is 435 g/mol. The van der Waals surface area contributed by atoms with E-state index in [1.165, 1.54) is 13.2 Å². The number of nitrogens with zero attached hydrogens (tertiary/aromatic N) is 2. The molecule has 0 aliphatic carbocycles. The first-order valence-corrected chi connectivity index (χ1v) is 7.42. The van der Waals surface area contributed by atoms with Crippen molar-refractivity contribution in [3.8, 4) is 0 Å². The van der Waals surface area contributed by atoms with Gasteiger partial charge in [-0.25, -0.2) is 4.39 Å². The summed E-state index contributed by atoms with van der Waals surface area (Å²) in [6, 6.07) is 6.68. The number of ether oxygens (including phenoxy) is 1. The molecule has 2 rings (SSSR count). The number of benzene rings is 1. The Bertz CT molecular complexity index is 546. The van der Waals surface area contributed by atoms with Crippen LogP contribution in [0.2, 0.25) is 0 Å². The molecule has 1 aliphatic heterocycles. The maximum Gasteiger partial charge on any atom is 0.308 e. The first-order valence-electron chi connectivity index (χ1n) is 7.42. The molecular formula is C16H23FIN3O2. The minimum Gasteiger partial charge on any atom is -0.469 e. The molecule has 1 heterocycles. The van der Waals surface area contributed by atoms with E-state index in [0.717, 1.165) is 31.9 Å². The summed E-state index contributed by atoms with van der Waals surface area (Å²) < 4.78 is 18.4. The Morgan fingerprint density at radius 1 is 1.39 bits per heavy atom. The summed E-state index contributed by atoms with van der Waals surface area (Å²) in [6.07, 6.45) is 1.49. The van der Waals surface area contributed by atoms with Gasteiger partial charge in [-0.1, -0.05) is 18.2 Å². The second kappa shape index (κ2) is 9.69. The third kappa shape index (κ3) is 5.33. The molecule has 0 bridgehead atoms. The first-order chi connectivity index (χ1) is 10.7. The number of hydrogen-bond acceptors (Lipinski definition) is 3. The lowest BCUT2D eigenvalue weighted by Crippen LogP contribution is -2.46. The average molecular weight is 435 g/mol. The number of likely N-dealkylation sites (tertiary alicyclic amines) is 1. The summed E-state index contributed by atoms with van der Waals surface area (Å²) in [5, 5.41) is 3.17. The number of methoxy groups -OCH3 is 1. The molecule has 0 atom stereocenters. The van der Waals surface area contributed by atoms with Crippen LogP contribution in [-0.4, -0.2) is 44.1 Å². The van der Waals surface area contributed by atoms with Gasteiger partial charge >= 0.3 is 5.97 Å². The number of nitrogens with one attached hydrogen (secondary N) is 1. The standard InChI is InChI=1S/C16H22FN3O2.HI/c1-18-16(19-11-13-5-3-4-6-14(13)17)20-9-7-12(8-10-20)15(21)22-2;/h3-6,12H,7-11H2,1-2H3,(H,18,19);1H. The lowest BCUT2D eigenvalue weighted by molar-refractivity contribution is -0.146. The lowest BCUT2D eigenvalue weighted by Gasteiger charge is -2.33. The van der Waals surface area contributed by atoms with Crippen LogP contribution in [0.1, 0.15) is 18.4 Å². The lowest BCUT2D eigenvalue weighted by atomic mass is 9.97. The Hall–Kier alpha value is -1.38. The van der Waals surface area contributed by atoms with E-state index in [1.54, 1.807) is 19.2 Å². The van der Waals surface area contributed by atoms with Crippen LogP contribution in [0.15, 0.2) is 29.3 Å². The molecule has 1 aromatic carbocycles. The Morgan fingerprint density at radius 2 is 2.04 bits per heavy atom. The minimum absolute atomic E-state index is 0. The van der Waals surface area contributed by atoms with Gasteiger partial charge in [-0.2, -0.15) is 0 Å². The topological polar surface area (TPSA) is 53.9 Å². The molecular weight excluding hydrogens is 412 g/mol. The van der Waals surface area contributed by atoms with Crippen LogP contribution in [0.25, 0.3) is 0 Å². The molecule has 1 fully saturated rings. The normalized spacial score (nSPS) is 15.8. The predicted molar refractivity (Wildman–Crippen MR) is 98.3 cm³/mol. The van der Waals surface area contributed by atoms with E-state index in [-0.39, 0.29) is 41.7 Å². The Kier molecular flexibility index (Phi) is 8.29. The highest BCUT2D eigenvalue weighted by Gasteiger charge is 2.26. The van der Waals surface area contributed by atoms with Crippen LogP contribution in [0.4, 0.5) is 4.39 Å². The Morgan fingerprint density at radius 3 is 2.61 bits per heavy atom. The van der Waals surface area contributed by atoms with E-state index < -0.39 is 0 Å². The highest BCUT2D eigenvalue weighted by Crippen LogP contribution is 2.18. The molecule has 1 aliphatic rings. The summed E-state index contributed by atoms with van der Waals surface area (Å²) in [5.74, 6) is 0.321. The van der Waals surface area contributed by atoms with E-state index in [2.05, 4.69) is 15.2 Å². The van der Waals surface area contributed by atoms with Gasteiger partial charge in [0.2, 0.25) is 0 Å². The van der Waals surface area contributed by atoms with E-state index in [0.29, 0.717) is 12.1 Å². The maximum atomic E-state index is 13.6. The highest BCUT2D eigenvalue weighted by atomic mass is 127. The fraction of sp³-hybridized carbons (Fsp3) is 0.500. The van der Waals surface area contributed by atoms with Gasteiger partial charge in [0.25, 0.3) is 0 Å². The summed E-state index contributed by atoms with van der Waals surface area (Å²) in [7, 11) is 3.12. The van der Waals surface area contributed by atoms with E-state index in [9.17, 15) is 9.18 Å². The molecule has 1 saturated heterocycles. The zero-order chi connectivity index (χ0) is 15.9. The molecule has 0 aromatic heterocycles. The summed E-state index contributed by atoms with van der Waals surface area (Å²) in [4.78, 5) is 17.9. The summed E-state index contributed by atoms with van der Waals surface area (Å²) >= 11 is 0. The van der Waals surface area contributed by atoms with Crippen molar-refractivity contribution in [1.82, 2.24) is 10.2 Å². The summed E-state index contributed by atoms with van der Waals surface area (Å²) in [5.41, 5.74) is 0.605. The smallest absolute Gasteiger partial charge is 0.308 e. The first kappa shape index (κ1) is 19.7. The number of esters is 1. The number of hydrogen-bond donors (Lipinski definition) is 1. The molecule has 0 amide bonds. The number of carbonyl (C=O) groups is 1. The van der Waals surface area contributed by atoms with Crippen LogP contribution in [0, 0.1) is 11.7 Å². The molecule has 0 saturated carbocycles. The Balaban J connectivity index is 0.00000264. The predicted octanol–water partition coefficient (Wildman–Crippen LogP) is 2.40. The van der Waals surface area contributed by atoms with Gasteiger partial charge in [0.05, 0.1) is 13.0 Å². The molecule has 0 unspecified atom stereocenters. The van der Waals surface area contributed by atoms with Gasteiger partial charge in [-0.05, 0) is 18.9 Å². The van der Waals surface area contributed by atoms with Crippen molar-refractivity contribution in [3.05, 3.63) is 35.6 Å². The van der Waals surface area contributed by atoms with E-state index in [4.69, 9.17) is 4.74 Å². The zero-order valence-electron chi connectivity index (χ0n) is 13.4. The van der Waals surface area contributed by atoms with Crippen molar-refractivity contribution < 1.29 is 13.9 Å². The largest absolute Gasteiger partial charge is 0.469 e. The van der Waals surface area contributed by atoms with Gasteiger partial charge in [0, 0.05) is 32.2 Å². The number of guanidine groups is 1. The van der Waals surface area contributed by atoms with Crippen LogP contribution >= 0.6 is 24.0 Å². The van der Waals surface area contributed by atoms with Gasteiger partial charge in [0.15, 0.2) is 5.96 Å². The van der Waals surface area contributed by atoms with Crippen molar-refractivity contribution in [3.63, 3.8) is 0 Å². The highest BCUT2D eigenvalue weighted by molar-refractivity contribution is 14.0. The van der Waals surface area contributed by atoms with Crippen LogP contribution in [0.3, 0.4) is 0 Å². The van der Waals surface area contributed by atoms with Crippen molar-refractivity contribution >= 4 is 35.9 Å². The van der Waals surface area contributed by atoms with Crippen LogP contribution < -0.4 is 5.32 Å². The fourth-order valence-corrected chi connectivity index (χ4v) is 2.64. The molecule has 1 aromatic rings. The van der Waals surface area contributed by atoms with Gasteiger partial charge in [-0.3, -0.25) is 9.79 Å². The van der Waals surface area contributed by atoms with Crippen LogP contribution in [0.5, 0.6) is 0 Å². The zero-order valence-corrected chi connectivity index (χ0v) is 15.7. The molecule has 23 heavy (non-hydrogen) atoms. The molecule has 7 heteroatoms. The molecule has 5 nitrogen and oxygen atoms in total. The molecule has 0 radical (unpaired) electrons. The quantitative estimate of drug-likeness (QED) is 0.343. The molecule has 128 valence electrons. The number of piperidine rings is 1. The second-order valence-corrected chi connectivity index (χ2v) is 5.28. The summed E-state index contributed by atoms with van der Waals surface area (Å²) in [6.45, 7) is 1.85. The van der Waals surface area contributed by atoms with Crippen LogP contribution in [-0.2, 0) is 16.1 Å².